The van der Waals surface area contributed by atoms with Gasteiger partial charge in [-0.3, -0.25) is 0 Å². The van der Waals surface area contributed by atoms with Crippen LogP contribution in [-0.2, 0) is 6.18 Å². The van der Waals surface area contributed by atoms with Crippen molar-refractivity contribution < 1.29 is 22.7 Å². The second-order valence-electron chi connectivity index (χ2n) is 3.73. The van der Waals surface area contributed by atoms with Crippen LogP contribution in [0.2, 0.25) is 0 Å². The quantitative estimate of drug-likeness (QED) is 0.840. The molecule has 0 spiro atoms. The van der Waals surface area contributed by atoms with Gasteiger partial charge in [-0.1, -0.05) is 6.92 Å². The number of hydrogen-bond donors (Lipinski definition) is 2. The molecular formula is C11H14ClF4NO. The molecule has 0 bridgehead atoms. The Morgan fingerprint density at radius 2 is 1.89 bits per heavy atom. The van der Waals surface area contributed by atoms with E-state index in [0.29, 0.717) is 12.1 Å². The van der Waals surface area contributed by atoms with Crippen LogP contribution in [0.3, 0.4) is 0 Å². The Hall–Kier alpha value is -0.850. The third-order valence-corrected chi connectivity index (χ3v) is 2.51. The summed E-state index contributed by atoms with van der Waals surface area (Å²) in [5.41, 5.74) is 4.06. The molecule has 3 N–H and O–H groups in total. The number of nitrogens with two attached hydrogens (primary N) is 1. The SMILES string of the molecule is CC[C@H](O)[C@H](N)c1cc(F)ccc1C(F)(F)F.Cl. The molecule has 0 amide bonds. The molecule has 0 unspecified atom stereocenters. The Morgan fingerprint density at radius 1 is 1.33 bits per heavy atom. The standard InChI is InChI=1S/C11H13F4NO.ClH/c1-2-9(17)10(16)7-5-6(12)3-4-8(7)11(13,14)15;/h3-5,9-10,17H,2,16H2,1H3;1H/t9-,10+;/m0./s1. The van der Waals surface area contributed by atoms with Gasteiger partial charge in [-0.25, -0.2) is 4.39 Å². The zero-order chi connectivity index (χ0) is 13.2. The highest BCUT2D eigenvalue weighted by Gasteiger charge is 2.35. The minimum absolute atomic E-state index is 0. The van der Waals surface area contributed by atoms with Crippen molar-refractivity contribution in [2.24, 2.45) is 5.73 Å². The van der Waals surface area contributed by atoms with Crippen molar-refractivity contribution in [3.63, 3.8) is 0 Å². The van der Waals surface area contributed by atoms with Gasteiger partial charge in [0, 0.05) is 0 Å². The average molecular weight is 288 g/mol. The maximum Gasteiger partial charge on any atom is 0.416 e. The number of halogens is 5. The van der Waals surface area contributed by atoms with Crippen molar-refractivity contribution in [1.82, 2.24) is 0 Å². The molecule has 0 aromatic heterocycles. The van der Waals surface area contributed by atoms with Gasteiger partial charge in [-0.2, -0.15) is 13.2 Å². The zero-order valence-corrected chi connectivity index (χ0v) is 10.4. The average Bonchev–Trinajstić information content (AvgIpc) is 2.25. The van der Waals surface area contributed by atoms with Crippen molar-refractivity contribution in [3.8, 4) is 0 Å². The van der Waals surface area contributed by atoms with Crippen LogP contribution in [-0.4, -0.2) is 11.2 Å². The summed E-state index contributed by atoms with van der Waals surface area (Å²) in [6, 6.07) is 0.809. The van der Waals surface area contributed by atoms with E-state index in [1.54, 1.807) is 6.92 Å². The summed E-state index contributed by atoms with van der Waals surface area (Å²) in [7, 11) is 0. The minimum atomic E-state index is -4.62. The Kier molecular flexibility index (Phi) is 6.06. The fraction of sp³-hybridized carbons (Fsp3) is 0.455. The highest BCUT2D eigenvalue weighted by Crippen LogP contribution is 2.35. The van der Waals surface area contributed by atoms with E-state index >= 15 is 0 Å². The molecule has 0 fully saturated rings. The number of hydrogen-bond acceptors (Lipinski definition) is 2. The Labute approximate surface area is 108 Å². The van der Waals surface area contributed by atoms with Gasteiger partial charge in [-0.05, 0) is 30.2 Å². The van der Waals surface area contributed by atoms with Crippen LogP contribution < -0.4 is 5.73 Å². The molecular weight excluding hydrogens is 274 g/mol. The number of benzene rings is 1. The van der Waals surface area contributed by atoms with Gasteiger partial charge in [0.15, 0.2) is 0 Å². The molecule has 1 aromatic carbocycles. The first-order chi connectivity index (χ1) is 7.77. The van der Waals surface area contributed by atoms with E-state index in [0.717, 1.165) is 6.07 Å². The molecule has 18 heavy (non-hydrogen) atoms. The Balaban J connectivity index is 0.00000289. The van der Waals surface area contributed by atoms with Gasteiger partial charge in [0.1, 0.15) is 5.82 Å². The summed E-state index contributed by atoms with van der Waals surface area (Å²) in [5, 5.41) is 9.45. The lowest BCUT2D eigenvalue weighted by Gasteiger charge is -2.21. The molecule has 104 valence electrons. The molecule has 2 nitrogen and oxygen atoms in total. The molecule has 0 aliphatic rings. The van der Waals surface area contributed by atoms with Crippen molar-refractivity contribution in [1.29, 1.82) is 0 Å². The number of alkyl halides is 3. The van der Waals surface area contributed by atoms with E-state index in [-0.39, 0.29) is 18.8 Å². The predicted molar refractivity (Wildman–Crippen MR) is 61.9 cm³/mol. The fourth-order valence-electron chi connectivity index (χ4n) is 1.53. The molecule has 2 atom stereocenters. The van der Waals surface area contributed by atoms with Crippen LogP contribution in [0.5, 0.6) is 0 Å². The lowest BCUT2D eigenvalue weighted by atomic mass is 9.95. The summed E-state index contributed by atoms with van der Waals surface area (Å²) >= 11 is 0. The van der Waals surface area contributed by atoms with E-state index in [4.69, 9.17) is 5.73 Å². The van der Waals surface area contributed by atoms with Gasteiger partial charge in [0.2, 0.25) is 0 Å². The van der Waals surface area contributed by atoms with Crippen molar-refractivity contribution >= 4 is 12.4 Å². The van der Waals surface area contributed by atoms with Gasteiger partial charge < -0.3 is 10.8 Å². The molecule has 1 rings (SSSR count). The Morgan fingerprint density at radius 3 is 2.33 bits per heavy atom. The first kappa shape index (κ1) is 17.2. The summed E-state index contributed by atoms with van der Waals surface area (Å²) in [6.07, 6.45) is -5.57. The van der Waals surface area contributed by atoms with Crippen molar-refractivity contribution in [3.05, 3.63) is 35.1 Å². The molecule has 0 heterocycles. The van der Waals surface area contributed by atoms with Crippen molar-refractivity contribution in [2.45, 2.75) is 31.7 Å². The van der Waals surface area contributed by atoms with Gasteiger partial charge >= 0.3 is 6.18 Å². The van der Waals surface area contributed by atoms with Gasteiger partial charge in [0.05, 0.1) is 17.7 Å². The monoisotopic (exact) mass is 287 g/mol. The first-order valence-corrected chi connectivity index (χ1v) is 5.07. The third-order valence-electron chi connectivity index (χ3n) is 2.51. The Bertz CT molecular complexity index is 397. The number of rotatable bonds is 3. The zero-order valence-electron chi connectivity index (χ0n) is 9.54. The number of aliphatic hydroxyl groups is 1. The summed E-state index contributed by atoms with van der Waals surface area (Å²) in [5.74, 6) is -0.813. The van der Waals surface area contributed by atoms with Gasteiger partial charge in [-0.15, -0.1) is 12.4 Å². The number of aliphatic hydroxyl groups excluding tert-OH is 1. The molecule has 1 aromatic rings. The van der Waals surface area contributed by atoms with Crippen LogP contribution in [0, 0.1) is 5.82 Å². The molecule has 0 saturated carbocycles. The van der Waals surface area contributed by atoms with E-state index in [9.17, 15) is 22.7 Å². The maximum atomic E-state index is 13.0. The second kappa shape index (κ2) is 6.36. The lowest BCUT2D eigenvalue weighted by Crippen LogP contribution is -2.28. The molecule has 0 saturated heterocycles. The molecule has 0 aliphatic heterocycles. The van der Waals surface area contributed by atoms with Crippen LogP contribution in [0.15, 0.2) is 18.2 Å². The second-order valence-corrected chi connectivity index (χ2v) is 3.73. The smallest absolute Gasteiger partial charge is 0.391 e. The van der Waals surface area contributed by atoms with Crippen LogP contribution >= 0.6 is 12.4 Å². The maximum absolute atomic E-state index is 13.0. The lowest BCUT2D eigenvalue weighted by molar-refractivity contribution is -0.138. The topological polar surface area (TPSA) is 46.2 Å². The summed E-state index contributed by atoms with van der Waals surface area (Å²) in [6.45, 7) is 1.58. The molecule has 7 heteroatoms. The predicted octanol–water partition coefficient (Wildman–Crippen LogP) is 3.04. The third kappa shape index (κ3) is 3.83. The van der Waals surface area contributed by atoms with Crippen LogP contribution in [0.1, 0.15) is 30.5 Å². The highest BCUT2D eigenvalue weighted by atomic mass is 35.5. The van der Waals surface area contributed by atoms with E-state index in [1.165, 1.54) is 0 Å². The van der Waals surface area contributed by atoms with Crippen LogP contribution in [0.4, 0.5) is 17.6 Å². The normalized spacial score (nSPS) is 14.8. The minimum Gasteiger partial charge on any atom is -0.391 e. The first-order valence-electron chi connectivity index (χ1n) is 5.07. The molecule has 0 aliphatic carbocycles. The molecule has 0 radical (unpaired) electrons. The summed E-state index contributed by atoms with van der Waals surface area (Å²) in [4.78, 5) is 0. The largest absolute Gasteiger partial charge is 0.416 e. The van der Waals surface area contributed by atoms with Crippen molar-refractivity contribution in [2.75, 3.05) is 0 Å². The fourth-order valence-corrected chi connectivity index (χ4v) is 1.53. The van der Waals surface area contributed by atoms with E-state index in [2.05, 4.69) is 0 Å². The van der Waals surface area contributed by atoms with Crippen LogP contribution in [0.25, 0.3) is 0 Å². The van der Waals surface area contributed by atoms with E-state index < -0.39 is 35.3 Å². The highest BCUT2D eigenvalue weighted by molar-refractivity contribution is 5.85. The summed E-state index contributed by atoms with van der Waals surface area (Å²) < 4.78 is 50.9. The van der Waals surface area contributed by atoms with Gasteiger partial charge in [0.25, 0.3) is 0 Å². The van der Waals surface area contributed by atoms with E-state index in [1.807, 2.05) is 0 Å².